The number of thiazole rings is 1. The van der Waals surface area contributed by atoms with E-state index in [1.165, 1.54) is 10.3 Å². The van der Waals surface area contributed by atoms with Crippen LogP contribution in [0.15, 0.2) is 66.7 Å². The Bertz CT molecular complexity index is 1330. The molecule has 1 aromatic heterocycles. The fraction of sp³-hybridized carbons (Fsp3) is 0.240. The van der Waals surface area contributed by atoms with E-state index in [9.17, 15) is 8.42 Å². The molecule has 3 aromatic carbocycles. The average Bonchev–Trinajstić information content (AvgIpc) is 3.16. The highest BCUT2D eigenvalue weighted by Gasteiger charge is 2.28. The second kappa shape index (κ2) is 8.56. The van der Waals surface area contributed by atoms with Crippen molar-refractivity contribution in [2.75, 3.05) is 10.0 Å². The Hall–Kier alpha value is -2.90. The molecule has 0 aliphatic heterocycles. The minimum atomic E-state index is -3.43. The zero-order valence-electron chi connectivity index (χ0n) is 18.6. The lowest BCUT2D eigenvalue weighted by Crippen LogP contribution is -2.33. The average molecular weight is 466 g/mol. The SMILES string of the molecule is Cc1ccc2nc(-c3ccc(NCc4ccc(NS(=O)(=O)C(C)(C)C)cc4)cc3)sc2c1. The van der Waals surface area contributed by atoms with Crippen LogP contribution in [0.25, 0.3) is 20.8 Å². The molecule has 0 saturated heterocycles. The number of rotatable bonds is 6. The van der Waals surface area contributed by atoms with Crippen LogP contribution in [0, 0.1) is 6.92 Å². The van der Waals surface area contributed by atoms with Crippen molar-refractivity contribution < 1.29 is 8.42 Å². The fourth-order valence-corrected chi connectivity index (χ4v) is 4.91. The zero-order valence-corrected chi connectivity index (χ0v) is 20.3. The first-order valence-electron chi connectivity index (χ1n) is 10.4. The smallest absolute Gasteiger partial charge is 0.237 e. The van der Waals surface area contributed by atoms with Crippen LogP contribution in [0.4, 0.5) is 11.4 Å². The highest BCUT2D eigenvalue weighted by molar-refractivity contribution is 7.94. The third-order valence-corrected chi connectivity index (χ3v) is 8.37. The van der Waals surface area contributed by atoms with Crippen LogP contribution in [-0.2, 0) is 16.6 Å². The first-order valence-corrected chi connectivity index (χ1v) is 12.7. The highest BCUT2D eigenvalue weighted by atomic mass is 32.2. The molecule has 4 rings (SSSR count). The molecule has 0 bridgehead atoms. The van der Waals surface area contributed by atoms with Gasteiger partial charge in [0.2, 0.25) is 10.0 Å². The Kier molecular flexibility index (Phi) is 5.97. The van der Waals surface area contributed by atoms with Gasteiger partial charge in [0, 0.05) is 23.5 Å². The largest absolute Gasteiger partial charge is 0.381 e. The summed E-state index contributed by atoms with van der Waals surface area (Å²) < 4.78 is 27.6. The number of sulfonamides is 1. The molecule has 0 amide bonds. The summed E-state index contributed by atoms with van der Waals surface area (Å²) in [4.78, 5) is 4.75. The normalized spacial score (nSPS) is 12.1. The Morgan fingerprint density at radius 3 is 2.22 bits per heavy atom. The highest BCUT2D eigenvalue weighted by Crippen LogP contribution is 2.31. The molecular weight excluding hydrogens is 438 g/mol. The Morgan fingerprint density at radius 2 is 1.56 bits per heavy atom. The standard InChI is InChI=1S/C25H27N3O2S2/c1-17-5-14-22-23(15-17)31-24(27-22)19-8-12-20(13-9-19)26-16-18-6-10-21(11-7-18)28-32(29,30)25(2,3)4/h5-15,26,28H,16H2,1-4H3. The maximum Gasteiger partial charge on any atom is 0.237 e. The number of nitrogens with one attached hydrogen (secondary N) is 2. The van der Waals surface area contributed by atoms with Crippen LogP contribution in [0.5, 0.6) is 0 Å². The number of anilines is 2. The molecule has 166 valence electrons. The third-order valence-electron chi connectivity index (χ3n) is 5.18. The van der Waals surface area contributed by atoms with Crippen molar-refractivity contribution >= 4 is 43.0 Å². The van der Waals surface area contributed by atoms with E-state index in [-0.39, 0.29) is 0 Å². The van der Waals surface area contributed by atoms with Crippen LogP contribution in [0.3, 0.4) is 0 Å². The van der Waals surface area contributed by atoms with Gasteiger partial charge in [-0.25, -0.2) is 13.4 Å². The van der Waals surface area contributed by atoms with Gasteiger partial charge in [0.25, 0.3) is 0 Å². The number of benzene rings is 3. The summed E-state index contributed by atoms with van der Waals surface area (Å²) in [5, 5.41) is 4.43. The molecule has 1 heterocycles. The van der Waals surface area contributed by atoms with Gasteiger partial charge in [-0.3, -0.25) is 4.72 Å². The van der Waals surface area contributed by atoms with E-state index in [1.807, 2.05) is 12.1 Å². The number of hydrogen-bond donors (Lipinski definition) is 2. The van der Waals surface area contributed by atoms with Crippen molar-refractivity contribution in [3.63, 3.8) is 0 Å². The van der Waals surface area contributed by atoms with Crippen LogP contribution >= 0.6 is 11.3 Å². The molecule has 5 nitrogen and oxygen atoms in total. The maximum absolute atomic E-state index is 12.3. The Labute approximate surface area is 193 Å². The summed E-state index contributed by atoms with van der Waals surface area (Å²) in [6, 6.07) is 22.0. The molecule has 0 saturated carbocycles. The first-order chi connectivity index (χ1) is 15.1. The van der Waals surface area contributed by atoms with Gasteiger partial charge in [0.1, 0.15) is 5.01 Å². The summed E-state index contributed by atoms with van der Waals surface area (Å²) >= 11 is 1.71. The maximum atomic E-state index is 12.3. The van der Waals surface area contributed by atoms with E-state index in [0.29, 0.717) is 12.2 Å². The number of aromatic nitrogens is 1. The predicted molar refractivity (Wildman–Crippen MR) is 136 cm³/mol. The van der Waals surface area contributed by atoms with Gasteiger partial charge in [0.05, 0.1) is 15.0 Å². The first kappa shape index (κ1) is 22.3. The molecule has 0 atom stereocenters. The minimum absolute atomic E-state index is 0.569. The summed E-state index contributed by atoms with van der Waals surface area (Å²) in [6.45, 7) is 7.77. The molecule has 32 heavy (non-hydrogen) atoms. The van der Waals surface area contributed by atoms with Gasteiger partial charge in [-0.2, -0.15) is 0 Å². The second-order valence-corrected chi connectivity index (χ2v) is 12.3. The third kappa shape index (κ3) is 4.95. The van der Waals surface area contributed by atoms with Gasteiger partial charge in [0.15, 0.2) is 0 Å². The lowest BCUT2D eigenvalue weighted by Gasteiger charge is -2.20. The Balaban J connectivity index is 1.39. The van der Waals surface area contributed by atoms with Gasteiger partial charge in [-0.15, -0.1) is 11.3 Å². The van der Waals surface area contributed by atoms with Crippen LogP contribution in [0.2, 0.25) is 0 Å². The van der Waals surface area contributed by atoms with Crippen molar-refractivity contribution in [3.05, 3.63) is 77.9 Å². The van der Waals surface area contributed by atoms with E-state index in [0.717, 1.165) is 27.3 Å². The van der Waals surface area contributed by atoms with Crippen molar-refractivity contribution in [3.8, 4) is 10.6 Å². The van der Waals surface area contributed by atoms with E-state index in [1.54, 1.807) is 44.2 Å². The lowest BCUT2D eigenvalue weighted by molar-refractivity contribution is 0.566. The molecule has 0 unspecified atom stereocenters. The Morgan fingerprint density at radius 1 is 0.906 bits per heavy atom. The molecular formula is C25H27N3O2S2. The molecule has 7 heteroatoms. The molecule has 0 aliphatic carbocycles. The summed E-state index contributed by atoms with van der Waals surface area (Å²) in [7, 11) is -3.43. The van der Waals surface area contributed by atoms with Gasteiger partial charge in [-0.05, 0) is 87.4 Å². The summed E-state index contributed by atoms with van der Waals surface area (Å²) in [5.74, 6) is 0. The second-order valence-electron chi connectivity index (χ2n) is 8.84. The predicted octanol–water partition coefficient (Wildman–Crippen LogP) is 6.42. The molecule has 0 aliphatic rings. The molecule has 0 radical (unpaired) electrons. The van der Waals surface area contributed by atoms with Gasteiger partial charge >= 0.3 is 0 Å². The van der Waals surface area contributed by atoms with Gasteiger partial charge < -0.3 is 5.32 Å². The monoisotopic (exact) mass is 465 g/mol. The zero-order chi connectivity index (χ0) is 22.9. The molecule has 4 aromatic rings. The minimum Gasteiger partial charge on any atom is -0.381 e. The molecule has 0 spiro atoms. The molecule has 0 fully saturated rings. The van der Waals surface area contributed by atoms with E-state index in [4.69, 9.17) is 4.98 Å². The van der Waals surface area contributed by atoms with Crippen molar-refractivity contribution in [2.45, 2.75) is 39.0 Å². The summed E-state index contributed by atoms with van der Waals surface area (Å²) in [5.41, 5.74) is 6.03. The van der Waals surface area contributed by atoms with E-state index in [2.05, 4.69) is 59.4 Å². The number of aryl methyl sites for hydroxylation is 1. The fourth-order valence-electron chi connectivity index (χ4n) is 3.09. The van der Waals surface area contributed by atoms with Crippen molar-refractivity contribution in [2.24, 2.45) is 0 Å². The topological polar surface area (TPSA) is 71.1 Å². The number of hydrogen-bond acceptors (Lipinski definition) is 5. The molecule has 2 N–H and O–H groups in total. The van der Waals surface area contributed by atoms with Gasteiger partial charge in [-0.1, -0.05) is 18.2 Å². The lowest BCUT2D eigenvalue weighted by atomic mass is 10.2. The van der Waals surface area contributed by atoms with Crippen molar-refractivity contribution in [1.82, 2.24) is 4.98 Å². The quantitative estimate of drug-likeness (QED) is 0.344. The van der Waals surface area contributed by atoms with Crippen LogP contribution < -0.4 is 10.0 Å². The van der Waals surface area contributed by atoms with Crippen LogP contribution in [-0.4, -0.2) is 18.1 Å². The number of nitrogens with zero attached hydrogens (tertiary/aromatic N) is 1. The van der Waals surface area contributed by atoms with E-state index < -0.39 is 14.8 Å². The summed E-state index contributed by atoms with van der Waals surface area (Å²) in [6.07, 6.45) is 0. The van der Waals surface area contributed by atoms with Crippen molar-refractivity contribution in [1.29, 1.82) is 0 Å². The van der Waals surface area contributed by atoms with E-state index >= 15 is 0 Å². The number of fused-ring (bicyclic) bond motifs is 1. The van der Waals surface area contributed by atoms with Crippen LogP contribution in [0.1, 0.15) is 31.9 Å².